The van der Waals surface area contributed by atoms with E-state index in [1.807, 2.05) is 0 Å². The molecule has 12 heteroatoms. The molecule has 0 saturated heterocycles. The second kappa shape index (κ2) is 9.08. The molecule has 0 fully saturated rings. The van der Waals surface area contributed by atoms with E-state index >= 15 is 0 Å². The van der Waals surface area contributed by atoms with Crippen LogP contribution in [0.25, 0.3) is 0 Å². The van der Waals surface area contributed by atoms with Crippen molar-refractivity contribution < 1.29 is 37.0 Å². The lowest BCUT2D eigenvalue weighted by molar-refractivity contribution is -0.143. The topological polar surface area (TPSA) is 133 Å². The van der Waals surface area contributed by atoms with E-state index in [1.54, 1.807) is 12.1 Å². The van der Waals surface area contributed by atoms with Gasteiger partial charge in [0, 0.05) is 30.6 Å². The van der Waals surface area contributed by atoms with Crippen molar-refractivity contribution in [3.63, 3.8) is 0 Å². The molecule has 1 aromatic carbocycles. The van der Waals surface area contributed by atoms with E-state index in [4.69, 9.17) is 18.9 Å². The molecule has 0 atom stereocenters. The number of ether oxygens (including phenoxy) is 4. The molecule has 166 valence electrons. The second-order valence-electron chi connectivity index (χ2n) is 6.39. The van der Waals surface area contributed by atoms with Crippen molar-refractivity contribution in [2.75, 3.05) is 45.6 Å². The average molecular weight is 451 g/mol. The number of fused-ring (bicyclic) bond motifs is 1. The van der Waals surface area contributed by atoms with E-state index in [9.17, 15) is 18.0 Å². The van der Waals surface area contributed by atoms with E-state index in [2.05, 4.69) is 9.71 Å². The zero-order chi connectivity index (χ0) is 22.6. The number of carbonyl (C=O) groups is 2. The molecule has 2 heterocycles. The van der Waals surface area contributed by atoms with Crippen LogP contribution in [0.1, 0.15) is 0 Å². The third kappa shape index (κ3) is 5.15. The van der Waals surface area contributed by atoms with Gasteiger partial charge in [0.2, 0.25) is 5.75 Å². The Morgan fingerprint density at radius 1 is 1.10 bits per heavy atom. The SMILES string of the molecule is COc1cc(NC(=O)COC(=O)C2=CN3CCS(=O)(=O)N=C3C=C2)cc(OC)c1OC. The van der Waals surface area contributed by atoms with Crippen LogP contribution in [-0.4, -0.2) is 71.3 Å². The molecule has 31 heavy (non-hydrogen) atoms. The van der Waals surface area contributed by atoms with Gasteiger partial charge in [-0.05, 0) is 12.2 Å². The molecular formula is C19H21N3O8S. The van der Waals surface area contributed by atoms with Gasteiger partial charge < -0.3 is 29.2 Å². The number of hydrogen-bond donors (Lipinski definition) is 1. The Morgan fingerprint density at radius 3 is 2.39 bits per heavy atom. The Bertz CT molecular complexity index is 1070. The monoisotopic (exact) mass is 451 g/mol. The molecule has 0 unspecified atom stereocenters. The molecule has 1 N–H and O–H groups in total. The van der Waals surface area contributed by atoms with Crippen molar-refractivity contribution in [3.05, 3.63) is 36.1 Å². The van der Waals surface area contributed by atoms with Gasteiger partial charge in [0.1, 0.15) is 5.84 Å². The first-order chi connectivity index (χ1) is 14.8. The normalized spacial score (nSPS) is 16.4. The van der Waals surface area contributed by atoms with E-state index in [0.29, 0.717) is 22.9 Å². The fraction of sp³-hybridized carbons (Fsp3) is 0.316. The number of benzene rings is 1. The first-order valence-corrected chi connectivity index (χ1v) is 10.6. The molecule has 3 rings (SSSR count). The van der Waals surface area contributed by atoms with Crippen molar-refractivity contribution >= 4 is 33.4 Å². The quantitative estimate of drug-likeness (QED) is 0.595. The molecule has 11 nitrogen and oxygen atoms in total. The first-order valence-electron chi connectivity index (χ1n) is 9.02. The van der Waals surface area contributed by atoms with Crippen LogP contribution in [0, 0.1) is 0 Å². The molecule has 0 aromatic heterocycles. The van der Waals surface area contributed by atoms with Crippen LogP contribution in [-0.2, 0) is 24.3 Å². The number of nitrogens with one attached hydrogen (secondary N) is 1. The van der Waals surface area contributed by atoms with Gasteiger partial charge in [0.25, 0.3) is 15.9 Å². The van der Waals surface area contributed by atoms with E-state index in [1.165, 1.54) is 44.6 Å². The number of nitrogens with zero attached hydrogens (tertiary/aromatic N) is 2. The molecule has 0 saturated carbocycles. The Kier molecular flexibility index (Phi) is 6.49. The maximum absolute atomic E-state index is 12.3. The van der Waals surface area contributed by atoms with Gasteiger partial charge in [-0.3, -0.25) is 4.79 Å². The summed E-state index contributed by atoms with van der Waals surface area (Å²) < 4.78 is 47.4. The summed E-state index contributed by atoms with van der Waals surface area (Å²) in [5.74, 6) is -0.152. The summed E-state index contributed by atoms with van der Waals surface area (Å²) in [7, 11) is 0.873. The highest BCUT2D eigenvalue weighted by molar-refractivity contribution is 7.90. The molecule has 2 aliphatic rings. The largest absolute Gasteiger partial charge is 0.493 e. The first kappa shape index (κ1) is 22.2. The lowest BCUT2D eigenvalue weighted by atomic mass is 10.2. The lowest BCUT2D eigenvalue weighted by Gasteiger charge is -2.26. The molecule has 0 spiro atoms. The maximum Gasteiger partial charge on any atom is 0.340 e. The predicted octanol–water partition coefficient (Wildman–Crippen LogP) is 0.692. The van der Waals surface area contributed by atoms with Gasteiger partial charge in [-0.1, -0.05) is 0 Å². The minimum Gasteiger partial charge on any atom is -0.493 e. The van der Waals surface area contributed by atoms with E-state index in [0.717, 1.165) is 0 Å². The van der Waals surface area contributed by atoms with Crippen LogP contribution in [0.15, 0.2) is 40.5 Å². The number of hydrogen-bond acceptors (Lipinski definition) is 9. The molecule has 1 amide bonds. The third-order valence-corrected chi connectivity index (χ3v) is 5.51. The Balaban J connectivity index is 1.61. The molecule has 0 radical (unpaired) electrons. The number of esters is 1. The highest BCUT2D eigenvalue weighted by Crippen LogP contribution is 2.39. The third-order valence-electron chi connectivity index (χ3n) is 4.34. The Morgan fingerprint density at radius 2 is 1.77 bits per heavy atom. The van der Waals surface area contributed by atoms with Crippen LogP contribution >= 0.6 is 0 Å². The summed E-state index contributed by atoms with van der Waals surface area (Å²) >= 11 is 0. The molecular weight excluding hydrogens is 430 g/mol. The second-order valence-corrected chi connectivity index (χ2v) is 8.14. The fourth-order valence-corrected chi connectivity index (χ4v) is 3.86. The summed E-state index contributed by atoms with van der Waals surface area (Å²) in [6.07, 6.45) is 4.23. The van der Waals surface area contributed by atoms with Gasteiger partial charge in [0.15, 0.2) is 18.1 Å². The van der Waals surface area contributed by atoms with Gasteiger partial charge in [-0.15, -0.1) is 4.40 Å². The van der Waals surface area contributed by atoms with Gasteiger partial charge in [-0.25, -0.2) is 13.2 Å². The van der Waals surface area contributed by atoms with Crippen molar-refractivity contribution in [2.45, 2.75) is 0 Å². The van der Waals surface area contributed by atoms with Crippen molar-refractivity contribution in [3.8, 4) is 17.2 Å². The van der Waals surface area contributed by atoms with Gasteiger partial charge in [0.05, 0.1) is 32.7 Å². The zero-order valence-electron chi connectivity index (χ0n) is 17.1. The van der Waals surface area contributed by atoms with E-state index in [-0.39, 0.29) is 23.7 Å². The number of carbonyl (C=O) groups excluding carboxylic acids is 2. The van der Waals surface area contributed by atoms with Crippen LogP contribution < -0.4 is 19.5 Å². The summed E-state index contributed by atoms with van der Waals surface area (Å²) in [5, 5.41) is 2.59. The number of sulfonamides is 1. The summed E-state index contributed by atoms with van der Waals surface area (Å²) in [5.41, 5.74) is 0.529. The van der Waals surface area contributed by atoms with Crippen LogP contribution in [0.4, 0.5) is 5.69 Å². The van der Waals surface area contributed by atoms with Crippen LogP contribution in [0.3, 0.4) is 0 Å². The van der Waals surface area contributed by atoms with Crippen LogP contribution in [0.2, 0.25) is 0 Å². The number of amidine groups is 1. The molecule has 0 bridgehead atoms. The number of anilines is 1. The summed E-state index contributed by atoms with van der Waals surface area (Å²) in [6.45, 7) is -0.361. The number of methoxy groups -OCH3 is 3. The van der Waals surface area contributed by atoms with Gasteiger partial charge in [-0.2, -0.15) is 0 Å². The number of rotatable bonds is 7. The zero-order valence-corrected chi connectivity index (χ0v) is 17.9. The summed E-state index contributed by atoms with van der Waals surface area (Å²) in [4.78, 5) is 26.0. The minimum atomic E-state index is -3.49. The van der Waals surface area contributed by atoms with Crippen molar-refractivity contribution in [2.24, 2.45) is 4.40 Å². The Labute approximate surface area is 179 Å². The van der Waals surface area contributed by atoms with Crippen molar-refractivity contribution in [1.29, 1.82) is 0 Å². The molecule has 0 aliphatic carbocycles. The minimum absolute atomic E-state index is 0.152. The molecule has 2 aliphatic heterocycles. The number of amides is 1. The van der Waals surface area contributed by atoms with Crippen molar-refractivity contribution in [1.82, 2.24) is 4.90 Å². The van der Waals surface area contributed by atoms with E-state index < -0.39 is 28.5 Å². The smallest absolute Gasteiger partial charge is 0.340 e. The molecule has 1 aromatic rings. The highest BCUT2D eigenvalue weighted by atomic mass is 32.2. The highest BCUT2D eigenvalue weighted by Gasteiger charge is 2.25. The average Bonchev–Trinajstić information content (AvgIpc) is 2.75. The maximum atomic E-state index is 12.3. The Hall–Kier alpha value is -3.54. The van der Waals surface area contributed by atoms with Crippen LogP contribution in [0.5, 0.6) is 17.2 Å². The predicted molar refractivity (Wildman–Crippen MR) is 111 cm³/mol. The standard InChI is InChI=1S/C19H21N3O8S/c1-27-14-8-13(9-15(28-2)18(14)29-3)20-17(23)11-30-19(24)12-4-5-16-21-31(25,26)7-6-22(16)10-12/h4-5,8-10H,6-7,11H2,1-3H3,(H,20,23). The lowest BCUT2D eigenvalue weighted by Crippen LogP contribution is -2.37. The summed E-state index contributed by atoms with van der Waals surface area (Å²) in [6, 6.07) is 3.08. The fourth-order valence-electron chi connectivity index (χ4n) is 2.89. The van der Waals surface area contributed by atoms with Gasteiger partial charge >= 0.3 is 5.97 Å².